The Morgan fingerprint density at radius 3 is 1.09 bits per heavy atom. The summed E-state index contributed by atoms with van der Waals surface area (Å²) in [6, 6.07) is 42.1. The lowest BCUT2D eigenvalue weighted by Crippen LogP contribution is -2.67. The van der Waals surface area contributed by atoms with Crippen molar-refractivity contribution in [1.82, 2.24) is 9.80 Å². The highest BCUT2D eigenvalue weighted by Crippen LogP contribution is 2.66. The molecule has 0 saturated carbocycles. The molecule has 4 nitrogen and oxygen atoms in total. The van der Waals surface area contributed by atoms with Gasteiger partial charge in [-0.1, -0.05) is 387 Å². The Balaban J connectivity index is 0.940. The number of carbonyl (C=O) groups excluding carboxylic acids is 2. The second-order valence-corrected chi connectivity index (χ2v) is 58.4. The standard InChI is InChI=1S/C117H164N2O2S8Si2/c1-13-23-33-41-45-53-71-130(72-54-46-42-34-24-14-2)100-76-84(12)123-107(100)109-113(130)114-111(129-109)110-112(131(114,73-55-47-43-35-25-15-3)74-56-48-44-36-26-16-4)103-108(128-110)106-91(117(103,89-67-63-85(64-68-89)59-49-37-27-17-5)90-69-65-86(66-70-90)60-50-38-28-18-6)77-93(127-106)95-78-96-97(124-95)80-99(126-96)105-102-101(115(120)119(105)82-88(58-32-22-10)62-52-40-30-20-8)104(98-79-94-92(125-98)75-83(11)122-94)118(116(102)121)81-87(57-31-21-9)61-51-39-29-19-7/h63-70,75-80,87-88H,13-62,71-74,81-82H2,1-12H3. The molecule has 2 amide bonds. The molecule has 15 rings (SSSR count). The van der Waals surface area contributed by atoms with Crippen molar-refractivity contribution in [2.24, 2.45) is 11.8 Å². The number of carbonyl (C=O) groups is 2. The third-order valence-electron chi connectivity index (χ3n) is 31.2. The largest absolute Gasteiger partial charge is 0.306 e. The van der Waals surface area contributed by atoms with Crippen LogP contribution in [0.4, 0.5) is 0 Å². The first-order chi connectivity index (χ1) is 64.2. The second-order valence-electron chi connectivity index (χ2n) is 41.1. The maximum Gasteiger partial charge on any atom is 0.261 e. The zero-order valence-corrected chi connectivity index (χ0v) is 91.8. The van der Waals surface area contributed by atoms with E-state index in [2.05, 4.69) is 223 Å². The van der Waals surface area contributed by atoms with Gasteiger partial charge in [-0.3, -0.25) is 9.59 Å². The molecule has 10 aromatic rings. The van der Waals surface area contributed by atoms with E-state index in [9.17, 15) is 0 Å². The number of amides is 2. The van der Waals surface area contributed by atoms with Gasteiger partial charge in [0.2, 0.25) is 0 Å². The van der Waals surface area contributed by atoms with Gasteiger partial charge >= 0.3 is 0 Å². The van der Waals surface area contributed by atoms with E-state index in [0.717, 1.165) is 85.4 Å². The Bertz CT molecular complexity index is 5250. The molecule has 2 atom stereocenters. The average molecular weight is 1940 g/mol. The molecule has 8 aromatic heterocycles. The second kappa shape index (κ2) is 48.8. The summed E-state index contributed by atoms with van der Waals surface area (Å²) >= 11 is 16.5. The SMILES string of the molecule is CCCCCCCC[Si]1(CCCCCCCC)c2cc(C)sc2-c2sc3c(c21)[Si](CCCCCCCC)(CCCCCCCC)c1c-3sc2c1C(c1ccc(CCCCCC)cc1)(c1ccc(CCCCCC)cc1)c1cc(-c3cc4sc(C5=C6C(=O)N(CC(CCCC)CCCCCC)C(c7cc8sc(C)cc8s7)=C6C(=O)N5CC(CCCC)CCCCCC)cc4s3)sc1-2. The molecule has 0 N–H and O–H groups in total. The Morgan fingerprint density at radius 2 is 0.641 bits per heavy atom. The first-order valence-corrected chi connectivity index (χ1v) is 65.6. The van der Waals surface area contributed by atoms with Crippen molar-refractivity contribution in [3.8, 4) is 39.0 Å². The number of hydrogen-bond donors (Lipinski definition) is 0. The highest BCUT2D eigenvalue weighted by molar-refractivity contribution is 7.39. The van der Waals surface area contributed by atoms with Crippen molar-refractivity contribution in [2.75, 3.05) is 13.1 Å². The summed E-state index contributed by atoms with van der Waals surface area (Å²) in [6.07, 6.45) is 63.5. The van der Waals surface area contributed by atoms with Crippen molar-refractivity contribution in [3.63, 3.8) is 0 Å². The Hall–Kier alpha value is -4.59. The first-order valence-electron chi connectivity index (χ1n) is 54.2. The van der Waals surface area contributed by atoms with E-state index in [4.69, 9.17) is 0 Å². The van der Waals surface area contributed by atoms with Crippen molar-refractivity contribution in [2.45, 2.75) is 434 Å². The molecule has 2 aromatic carbocycles. The number of thiophene rings is 8. The fourth-order valence-electron chi connectivity index (χ4n) is 24.1. The fourth-order valence-corrected chi connectivity index (χ4v) is 50.3. The van der Waals surface area contributed by atoms with E-state index in [0.29, 0.717) is 36.1 Å². The number of hydrogen-bond acceptors (Lipinski definition) is 10. The predicted octanol–water partition coefficient (Wildman–Crippen LogP) is 37.3. The molecule has 131 heavy (non-hydrogen) atoms. The summed E-state index contributed by atoms with van der Waals surface area (Å²) in [5.74, 6) is 0.798. The molecule has 2 unspecified atom stereocenters. The number of aryl methyl sites for hydroxylation is 4. The van der Waals surface area contributed by atoms with Crippen molar-refractivity contribution in [3.05, 3.63) is 149 Å². The minimum absolute atomic E-state index is 0.0471. The molecular weight excluding hydrogens is 1780 g/mol. The van der Waals surface area contributed by atoms with E-state index in [1.54, 1.807) is 46.2 Å². The third kappa shape index (κ3) is 21.9. The topological polar surface area (TPSA) is 40.6 Å². The predicted molar refractivity (Wildman–Crippen MR) is 593 cm³/mol. The van der Waals surface area contributed by atoms with Crippen LogP contribution < -0.4 is 20.7 Å². The zero-order chi connectivity index (χ0) is 91.4. The van der Waals surface area contributed by atoms with Crippen LogP contribution in [0, 0.1) is 25.7 Å². The van der Waals surface area contributed by atoms with E-state index >= 15 is 9.59 Å². The van der Waals surface area contributed by atoms with Crippen molar-refractivity contribution in [1.29, 1.82) is 0 Å². The number of benzene rings is 2. The normalized spacial score (nSPS) is 15.6. The van der Waals surface area contributed by atoms with Crippen LogP contribution in [-0.4, -0.2) is 50.9 Å². The summed E-state index contributed by atoms with van der Waals surface area (Å²) in [7, 11) is -5.02. The third-order valence-corrected chi connectivity index (χ3v) is 52.5. The number of unbranched alkanes of at least 4 members (excludes halogenated alkanes) is 34. The van der Waals surface area contributed by atoms with E-state index in [1.807, 2.05) is 54.8 Å². The maximum atomic E-state index is 16.5. The van der Waals surface area contributed by atoms with Gasteiger partial charge < -0.3 is 9.80 Å². The van der Waals surface area contributed by atoms with Crippen LogP contribution in [-0.2, 0) is 27.8 Å². The van der Waals surface area contributed by atoms with Crippen LogP contribution in [0.25, 0.3) is 69.2 Å². The number of fused-ring (bicyclic) bond motifs is 14. The van der Waals surface area contributed by atoms with Gasteiger partial charge in [-0.15, -0.1) is 90.7 Å². The first kappa shape index (κ1) is 101. The van der Waals surface area contributed by atoms with Crippen LogP contribution in [0.5, 0.6) is 0 Å². The Kier molecular flexibility index (Phi) is 37.6. The summed E-state index contributed by atoms with van der Waals surface area (Å²) in [4.78, 5) is 55.2. The van der Waals surface area contributed by atoms with E-state index < -0.39 is 21.6 Å². The van der Waals surface area contributed by atoms with Gasteiger partial charge in [0, 0.05) is 75.8 Å². The van der Waals surface area contributed by atoms with E-state index in [1.165, 1.54) is 347 Å². The molecule has 0 radical (unpaired) electrons. The molecule has 710 valence electrons. The Morgan fingerprint density at radius 1 is 0.298 bits per heavy atom. The van der Waals surface area contributed by atoms with Gasteiger partial charge in [0.1, 0.15) is 16.1 Å². The Labute approximate surface area is 828 Å². The van der Waals surface area contributed by atoms with Gasteiger partial charge in [-0.05, 0) is 192 Å². The molecule has 12 heterocycles. The minimum Gasteiger partial charge on any atom is -0.306 e. The molecule has 0 spiro atoms. The molecule has 0 bridgehead atoms. The van der Waals surface area contributed by atoms with Gasteiger partial charge in [0.25, 0.3) is 11.8 Å². The molecule has 1 aliphatic carbocycles. The lowest BCUT2D eigenvalue weighted by Gasteiger charge is -2.40. The summed E-state index contributed by atoms with van der Waals surface area (Å²) in [5, 5.41) is 7.87. The average Bonchev–Trinajstić information content (AvgIpc) is 1.47. The highest BCUT2D eigenvalue weighted by Gasteiger charge is 2.62. The fraction of sp³-hybridized carbons (Fsp3) is 0.607. The lowest BCUT2D eigenvalue weighted by molar-refractivity contribution is -0.124. The van der Waals surface area contributed by atoms with Crippen LogP contribution in [0.15, 0.2) is 96.1 Å². The van der Waals surface area contributed by atoms with Crippen LogP contribution in [0.2, 0.25) is 24.2 Å². The zero-order valence-electron chi connectivity index (χ0n) is 83.3. The molecular formula is C117H164N2O2S8Si2. The lowest BCUT2D eigenvalue weighted by atomic mass is 9.68. The maximum absolute atomic E-state index is 16.5. The summed E-state index contributed by atoms with van der Waals surface area (Å²) in [6.45, 7) is 29.6. The van der Waals surface area contributed by atoms with Crippen LogP contribution >= 0.6 is 90.7 Å². The molecule has 5 aliphatic rings. The van der Waals surface area contributed by atoms with Gasteiger partial charge in [-0.25, -0.2) is 0 Å². The number of rotatable bonds is 63. The highest BCUT2D eigenvalue weighted by atomic mass is 32.1. The molecule has 14 heteroatoms. The minimum atomic E-state index is -2.70. The molecule has 0 saturated heterocycles. The van der Waals surface area contributed by atoms with Gasteiger partial charge in [-0.2, -0.15) is 0 Å². The molecule has 0 fully saturated rings. The smallest absolute Gasteiger partial charge is 0.261 e. The monoisotopic (exact) mass is 1940 g/mol. The quantitative estimate of drug-likeness (QED) is 0.0282. The van der Waals surface area contributed by atoms with Crippen molar-refractivity contribution >= 4 is 170 Å². The van der Waals surface area contributed by atoms with Gasteiger partial charge in [0.05, 0.1) is 42.6 Å². The summed E-state index contributed by atoms with van der Waals surface area (Å²) in [5.41, 5.74) is 11.7. The summed E-state index contributed by atoms with van der Waals surface area (Å²) < 4.78 is 5.03. The van der Waals surface area contributed by atoms with Crippen molar-refractivity contribution < 1.29 is 9.59 Å². The molecule has 4 aliphatic heterocycles. The number of nitrogens with zero attached hydrogens (tertiary/aromatic N) is 2. The van der Waals surface area contributed by atoms with Gasteiger partial charge in [0.15, 0.2) is 0 Å². The van der Waals surface area contributed by atoms with E-state index in [-0.39, 0.29) is 11.8 Å². The van der Waals surface area contributed by atoms with Crippen LogP contribution in [0.3, 0.4) is 0 Å². The van der Waals surface area contributed by atoms with Crippen LogP contribution in [0.1, 0.15) is 430 Å².